The largest absolute Gasteiger partial charge is 0.480 e. The van der Waals surface area contributed by atoms with E-state index in [1.54, 1.807) is 0 Å². The monoisotopic (exact) mass is 406 g/mol. The molecule has 0 heterocycles. The number of aliphatic carboxylic acids is 1. The van der Waals surface area contributed by atoms with Crippen LogP contribution in [0, 0.1) is 5.92 Å². The second-order valence-electron chi connectivity index (χ2n) is 6.78. The van der Waals surface area contributed by atoms with Crippen LogP contribution in [0.1, 0.15) is 34.1 Å². The first-order valence-electron chi connectivity index (χ1n) is 8.59. The number of carboxylic acids is 1. The molecule has 0 rings (SSSR count). The van der Waals surface area contributed by atoms with Gasteiger partial charge in [0.05, 0.1) is 12.1 Å². The van der Waals surface area contributed by atoms with Crippen molar-refractivity contribution in [3.8, 4) is 0 Å². The van der Waals surface area contributed by atoms with Crippen LogP contribution in [0.5, 0.6) is 0 Å². The van der Waals surface area contributed by atoms with Crippen molar-refractivity contribution >= 4 is 36.3 Å². The van der Waals surface area contributed by atoms with Crippen LogP contribution < -0.4 is 21.7 Å². The number of hydrogen-bond acceptors (Lipinski definition) is 7. The Morgan fingerprint density at radius 3 is 1.93 bits per heavy atom. The van der Waals surface area contributed by atoms with Crippen molar-refractivity contribution in [2.75, 3.05) is 5.75 Å². The number of nitrogens with one attached hydrogen (secondary N) is 3. The second kappa shape index (κ2) is 11.8. The van der Waals surface area contributed by atoms with Gasteiger partial charge in [-0.3, -0.25) is 14.4 Å². The molecular formula is C16H30N4O6S. The lowest BCUT2D eigenvalue weighted by Crippen LogP contribution is -2.58. The molecule has 0 radical (unpaired) electrons. The van der Waals surface area contributed by atoms with Gasteiger partial charge in [-0.2, -0.15) is 12.6 Å². The summed E-state index contributed by atoms with van der Waals surface area (Å²) in [6.07, 6.45) is -0.872. The molecular weight excluding hydrogens is 376 g/mol. The van der Waals surface area contributed by atoms with Crippen LogP contribution in [0.25, 0.3) is 0 Å². The minimum Gasteiger partial charge on any atom is -0.480 e. The highest BCUT2D eigenvalue weighted by Gasteiger charge is 2.29. The first kappa shape index (κ1) is 25.1. The second-order valence-corrected chi connectivity index (χ2v) is 7.14. The number of carbonyl (C=O) groups is 4. The van der Waals surface area contributed by atoms with Crippen LogP contribution in [0.2, 0.25) is 0 Å². The fourth-order valence-corrected chi connectivity index (χ4v) is 2.39. The molecule has 5 atom stereocenters. The third-order valence-electron chi connectivity index (χ3n) is 3.68. The van der Waals surface area contributed by atoms with E-state index in [0.717, 1.165) is 0 Å². The number of aliphatic hydroxyl groups is 1. The molecule has 0 aliphatic heterocycles. The van der Waals surface area contributed by atoms with Crippen molar-refractivity contribution in [3.63, 3.8) is 0 Å². The van der Waals surface area contributed by atoms with Crippen molar-refractivity contribution in [1.29, 1.82) is 0 Å². The van der Waals surface area contributed by atoms with Gasteiger partial charge in [-0.05, 0) is 26.2 Å². The number of hydrogen-bond donors (Lipinski definition) is 7. The van der Waals surface area contributed by atoms with E-state index in [1.165, 1.54) is 13.8 Å². The predicted molar refractivity (Wildman–Crippen MR) is 102 cm³/mol. The average molecular weight is 407 g/mol. The number of carboxylic acid groups (broad SMARTS) is 1. The SMILES string of the molecule is CC(C)CC(N)C(=O)NC(CS)C(=O)NC(C)C(=O)NC(C(=O)O)C(C)O. The molecule has 0 aromatic carbocycles. The van der Waals surface area contributed by atoms with E-state index in [-0.39, 0.29) is 11.7 Å². The number of thiol groups is 1. The summed E-state index contributed by atoms with van der Waals surface area (Å²) in [7, 11) is 0. The molecule has 0 aromatic heterocycles. The summed E-state index contributed by atoms with van der Waals surface area (Å²) in [5, 5.41) is 25.3. The van der Waals surface area contributed by atoms with Gasteiger partial charge in [0.25, 0.3) is 0 Å². The highest BCUT2D eigenvalue weighted by atomic mass is 32.1. The van der Waals surface area contributed by atoms with E-state index in [9.17, 15) is 24.3 Å². The Kier molecular flexibility index (Phi) is 11.0. The molecule has 3 amide bonds. The summed E-state index contributed by atoms with van der Waals surface area (Å²) in [6.45, 7) is 6.38. The Hall–Kier alpha value is -1.85. The molecule has 0 fully saturated rings. The zero-order valence-electron chi connectivity index (χ0n) is 15.9. The van der Waals surface area contributed by atoms with Gasteiger partial charge in [0.1, 0.15) is 12.1 Å². The molecule has 0 aliphatic carbocycles. The Balaban J connectivity index is 4.79. The zero-order valence-corrected chi connectivity index (χ0v) is 16.8. The number of amides is 3. The summed E-state index contributed by atoms with van der Waals surface area (Å²) in [5.41, 5.74) is 5.77. The van der Waals surface area contributed by atoms with Gasteiger partial charge < -0.3 is 31.9 Å². The van der Waals surface area contributed by atoms with Crippen molar-refractivity contribution < 1.29 is 29.4 Å². The van der Waals surface area contributed by atoms with Crippen LogP contribution in [-0.2, 0) is 19.2 Å². The van der Waals surface area contributed by atoms with E-state index < -0.39 is 54.0 Å². The Labute approximate surface area is 164 Å². The minimum atomic E-state index is -1.51. The van der Waals surface area contributed by atoms with Crippen LogP contribution in [0.15, 0.2) is 0 Å². The molecule has 0 aliphatic rings. The lowest BCUT2D eigenvalue weighted by molar-refractivity contribution is -0.145. The Bertz CT molecular complexity index is 543. The fraction of sp³-hybridized carbons (Fsp3) is 0.750. The van der Waals surface area contributed by atoms with Crippen LogP contribution >= 0.6 is 12.6 Å². The highest BCUT2D eigenvalue weighted by molar-refractivity contribution is 7.80. The highest BCUT2D eigenvalue weighted by Crippen LogP contribution is 2.03. The Morgan fingerprint density at radius 1 is 0.963 bits per heavy atom. The standard InChI is InChI=1S/C16H30N4O6S/c1-7(2)5-10(17)14(23)19-11(6-27)15(24)18-8(3)13(22)20-12(9(4)21)16(25)26/h7-12,21,27H,5-6,17H2,1-4H3,(H,18,24)(H,19,23)(H,20,22)(H,25,26). The summed E-state index contributed by atoms with van der Waals surface area (Å²) in [5.74, 6) is -3.19. The summed E-state index contributed by atoms with van der Waals surface area (Å²) in [4.78, 5) is 47.3. The van der Waals surface area contributed by atoms with E-state index in [2.05, 4.69) is 28.6 Å². The van der Waals surface area contributed by atoms with Crippen molar-refractivity contribution in [1.82, 2.24) is 16.0 Å². The van der Waals surface area contributed by atoms with E-state index in [1.807, 2.05) is 13.8 Å². The lowest BCUT2D eigenvalue weighted by Gasteiger charge is -2.23. The number of carbonyl (C=O) groups excluding carboxylic acids is 3. The van der Waals surface area contributed by atoms with Crippen molar-refractivity contribution in [2.24, 2.45) is 11.7 Å². The van der Waals surface area contributed by atoms with Gasteiger partial charge >= 0.3 is 5.97 Å². The zero-order chi connectivity index (χ0) is 21.3. The molecule has 27 heavy (non-hydrogen) atoms. The van der Waals surface area contributed by atoms with Gasteiger partial charge in [-0.15, -0.1) is 0 Å². The average Bonchev–Trinajstić information content (AvgIpc) is 2.55. The molecule has 0 spiro atoms. The first-order chi connectivity index (χ1) is 12.4. The fourth-order valence-electron chi connectivity index (χ4n) is 2.13. The summed E-state index contributed by atoms with van der Waals surface area (Å²) >= 11 is 4.02. The van der Waals surface area contributed by atoms with E-state index in [4.69, 9.17) is 10.8 Å². The third kappa shape index (κ3) is 9.07. The molecule has 156 valence electrons. The predicted octanol–water partition coefficient (Wildman–Crippen LogP) is -1.77. The van der Waals surface area contributed by atoms with Crippen LogP contribution in [0.4, 0.5) is 0 Å². The maximum atomic E-state index is 12.3. The maximum absolute atomic E-state index is 12.3. The van der Waals surface area contributed by atoms with Gasteiger partial charge in [0.2, 0.25) is 17.7 Å². The molecule has 0 saturated carbocycles. The normalized spacial score (nSPS) is 16.6. The molecule has 7 N–H and O–H groups in total. The van der Waals surface area contributed by atoms with Crippen molar-refractivity contribution in [3.05, 3.63) is 0 Å². The topological polar surface area (TPSA) is 171 Å². The third-order valence-corrected chi connectivity index (χ3v) is 4.04. The first-order valence-corrected chi connectivity index (χ1v) is 9.22. The smallest absolute Gasteiger partial charge is 0.328 e. The Morgan fingerprint density at radius 2 is 1.52 bits per heavy atom. The van der Waals surface area contributed by atoms with Gasteiger partial charge in [0.15, 0.2) is 6.04 Å². The molecule has 11 heteroatoms. The number of rotatable bonds is 11. The van der Waals surface area contributed by atoms with Gasteiger partial charge in [-0.25, -0.2) is 4.79 Å². The molecule has 10 nitrogen and oxygen atoms in total. The summed E-state index contributed by atoms with van der Waals surface area (Å²) in [6, 6.07) is -4.39. The van der Waals surface area contributed by atoms with Crippen molar-refractivity contribution in [2.45, 2.75) is 64.4 Å². The maximum Gasteiger partial charge on any atom is 0.328 e. The van der Waals surface area contributed by atoms with Crippen LogP contribution in [-0.4, -0.2) is 69.9 Å². The quantitative estimate of drug-likeness (QED) is 0.199. The van der Waals surface area contributed by atoms with Gasteiger partial charge in [-0.1, -0.05) is 13.8 Å². The van der Waals surface area contributed by atoms with E-state index >= 15 is 0 Å². The number of aliphatic hydroxyl groups excluding tert-OH is 1. The number of nitrogens with two attached hydrogens (primary N) is 1. The molecule has 0 aromatic rings. The van der Waals surface area contributed by atoms with Crippen LogP contribution in [0.3, 0.4) is 0 Å². The molecule has 0 bridgehead atoms. The lowest BCUT2D eigenvalue weighted by atomic mass is 10.0. The van der Waals surface area contributed by atoms with Gasteiger partial charge in [0, 0.05) is 5.75 Å². The van der Waals surface area contributed by atoms with E-state index in [0.29, 0.717) is 6.42 Å². The summed E-state index contributed by atoms with van der Waals surface area (Å²) < 4.78 is 0. The molecule has 5 unspecified atom stereocenters. The minimum absolute atomic E-state index is 0.0221. The molecule has 0 saturated heterocycles.